The Morgan fingerprint density at radius 3 is 2.56 bits per heavy atom. The summed E-state index contributed by atoms with van der Waals surface area (Å²) in [6.45, 7) is 2.02. The highest BCUT2D eigenvalue weighted by Gasteiger charge is 2.26. The van der Waals surface area contributed by atoms with Gasteiger partial charge in [-0.1, -0.05) is 17.4 Å². The molecule has 1 aromatic heterocycles. The maximum absolute atomic E-state index is 13.2. The fourth-order valence-electron chi connectivity index (χ4n) is 3.50. The van der Waals surface area contributed by atoms with Crippen molar-refractivity contribution < 1.29 is 14.3 Å². The Morgan fingerprint density at radius 1 is 1.06 bits per heavy atom. The van der Waals surface area contributed by atoms with Gasteiger partial charge in [-0.3, -0.25) is 9.36 Å². The molecule has 0 saturated carbocycles. The molecule has 0 spiro atoms. The number of methoxy groups -OCH3 is 2. The van der Waals surface area contributed by atoms with Gasteiger partial charge in [-0.15, -0.1) is 0 Å². The van der Waals surface area contributed by atoms with Crippen LogP contribution in [0.3, 0.4) is 0 Å². The molecule has 3 aromatic rings. The van der Waals surface area contributed by atoms with E-state index >= 15 is 0 Å². The number of hydrogen-bond acceptors (Lipinski definition) is 7. The summed E-state index contributed by atoms with van der Waals surface area (Å²) in [4.78, 5) is 30.4. The van der Waals surface area contributed by atoms with E-state index in [0.29, 0.717) is 22.1 Å². The number of rotatable bonds is 4. The number of aryl methyl sites for hydroxylation is 1. The van der Waals surface area contributed by atoms with E-state index in [2.05, 4.69) is 16.1 Å². The molecule has 0 aliphatic carbocycles. The van der Waals surface area contributed by atoms with Crippen molar-refractivity contribution in [3.63, 3.8) is 0 Å². The first kappa shape index (κ1) is 20.0. The molecule has 0 saturated heterocycles. The first-order chi connectivity index (χ1) is 15.5. The zero-order valence-electron chi connectivity index (χ0n) is 17.5. The van der Waals surface area contributed by atoms with Crippen LogP contribution < -0.4 is 10.3 Å². The van der Waals surface area contributed by atoms with E-state index < -0.39 is 5.97 Å². The van der Waals surface area contributed by atoms with E-state index in [-0.39, 0.29) is 16.8 Å². The Kier molecular flexibility index (Phi) is 4.75. The van der Waals surface area contributed by atoms with Gasteiger partial charge in [-0.2, -0.15) is 9.78 Å². The SMILES string of the molecule is COC(=O)c1cn(-c2nc3ccc(C)cc3s2)cc2c(=O)n(-c3ccc(OC)cc3)nc1-2. The second-order valence-corrected chi connectivity index (χ2v) is 8.22. The maximum Gasteiger partial charge on any atom is 0.341 e. The van der Waals surface area contributed by atoms with Crippen LogP contribution in [-0.2, 0) is 4.74 Å². The third kappa shape index (κ3) is 3.23. The molecule has 8 nitrogen and oxygen atoms in total. The monoisotopic (exact) mass is 446 g/mol. The number of carbonyl (C=O) groups is 1. The molecular weight excluding hydrogens is 428 g/mol. The van der Waals surface area contributed by atoms with Crippen molar-refractivity contribution in [3.8, 4) is 27.8 Å². The Labute approximate surface area is 186 Å². The van der Waals surface area contributed by atoms with Gasteiger partial charge < -0.3 is 9.47 Å². The fraction of sp³-hybridized carbons (Fsp3) is 0.130. The molecule has 0 N–H and O–H groups in total. The molecule has 0 fully saturated rings. The predicted molar refractivity (Wildman–Crippen MR) is 122 cm³/mol. The van der Waals surface area contributed by atoms with Gasteiger partial charge >= 0.3 is 5.97 Å². The van der Waals surface area contributed by atoms with Crippen molar-refractivity contribution in [1.29, 1.82) is 0 Å². The lowest BCUT2D eigenvalue weighted by Crippen LogP contribution is -2.15. The summed E-state index contributed by atoms with van der Waals surface area (Å²) in [5.74, 6) is 0.0813. The van der Waals surface area contributed by atoms with E-state index in [0.717, 1.165) is 15.8 Å². The number of nitrogens with zero attached hydrogens (tertiary/aromatic N) is 4. The second-order valence-electron chi connectivity index (χ2n) is 7.22. The van der Waals surface area contributed by atoms with E-state index in [1.807, 2.05) is 19.1 Å². The van der Waals surface area contributed by atoms with E-state index in [9.17, 15) is 9.59 Å². The van der Waals surface area contributed by atoms with Gasteiger partial charge in [0.1, 0.15) is 17.0 Å². The fourth-order valence-corrected chi connectivity index (χ4v) is 4.52. The molecule has 5 rings (SSSR count). The molecule has 3 heterocycles. The highest BCUT2D eigenvalue weighted by atomic mass is 32.1. The van der Waals surface area contributed by atoms with E-state index in [1.165, 1.54) is 23.1 Å². The average Bonchev–Trinajstić information content (AvgIpc) is 3.39. The Balaban J connectivity index is 1.73. The predicted octanol–water partition coefficient (Wildman–Crippen LogP) is 3.84. The summed E-state index contributed by atoms with van der Waals surface area (Å²) in [7, 11) is 2.87. The first-order valence-corrected chi connectivity index (χ1v) is 10.6. The first-order valence-electron chi connectivity index (χ1n) is 9.74. The second kappa shape index (κ2) is 7.61. The zero-order valence-corrected chi connectivity index (χ0v) is 18.3. The summed E-state index contributed by atoms with van der Waals surface area (Å²) in [5.41, 5.74) is 2.94. The number of ether oxygens (including phenoxy) is 2. The standard InChI is InChI=1S/C23H18N4O4S/c1-13-4-9-18-19(10-13)32-23(24-18)26-11-16-20(17(12-26)22(29)31-3)25-27(21(16)28)14-5-7-15(30-2)8-6-14/h4-12H,1-3H3. The van der Waals surface area contributed by atoms with Gasteiger partial charge in [0.2, 0.25) is 0 Å². The molecule has 9 heteroatoms. The molecule has 0 unspecified atom stereocenters. The molecule has 0 radical (unpaired) electrons. The zero-order chi connectivity index (χ0) is 22.4. The van der Waals surface area contributed by atoms with Crippen LogP contribution in [-0.4, -0.2) is 39.5 Å². The van der Waals surface area contributed by atoms with Crippen molar-refractivity contribution in [2.24, 2.45) is 0 Å². The number of aromatic nitrogens is 4. The van der Waals surface area contributed by atoms with Gasteiger partial charge in [-0.25, -0.2) is 9.78 Å². The Hall–Kier alpha value is -3.98. The largest absolute Gasteiger partial charge is 0.497 e. The number of pyridine rings is 1. The minimum Gasteiger partial charge on any atom is -0.497 e. The summed E-state index contributed by atoms with van der Waals surface area (Å²) < 4.78 is 14.1. The highest BCUT2D eigenvalue weighted by molar-refractivity contribution is 7.20. The lowest BCUT2D eigenvalue weighted by molar-refractivity contribution is 0.0600. The lowest BCUT2D eigenvalue weighted by atomic mass is 10.1. The topological polar surface area (TPSA) is 88.2 Å². The van der Waals surface area contributed by atoms with Gasteiger partial charge in [0.25, 0.3) is 5.56 Å². The minimum atomic E-state index is -0.583. The number of thiazole rings is 1. The van der Waals surface area contributed by atoms with Gasteiger partial charge in [0, 0.05) is 12.4 Å². The summed E-state index contributed by atoms with van der Waals surface area (Å²) in [6.07, 6.45) is 3.26. The quantitative estimate of drug-likeness (QED) is 0.390. The molecule has 32 heavy (non-hydrogen) atoms. The molecule has 0 bridgehead atoms. The number of carbonyl (C=O) groups excluding carboxylic acids is 1. The molecule has 2 aliphatic rings. The number of hydrogen-bond donors (Lipinski definition) is 0. The van der Waals surface area contributed by atoms with Crippen molar-refractivity contribution in [1.82, 2.24) is 19.3 Å². The van der Waals surface area contributed by atoms with Gasteiger partial charge in [0.05, 0.1) is 35.7 Å². The van der Waals surface area contributed by atoms with Crippen LogP contribution in [0.4, 0.5) is 0 Å². The van der Waals surface area contributed by atoms with Gasteiger partial charge in [-0.05, 0) is 48.9 Å². The number of fused-ring (bicyclic) bond motifs is 2. The maximum atomic E-state index is 13.2. The van der Waals surface area contributed by atoms with Crippen LogP contribution in [0, 0.1) is 6.92 Å². The Morgan fingerprint density at radius 2 is 1.84 bits per heavy atom. The van der Waals surface area contributed by atoms with Crippen LogP contribution >= 0.6 is 11.3 Å². The number of esters is 1. The molecular formula is C23H18N4O4S. The summed E-state index contributed by atoms with van der Waals surface area (Å²) in [6, 6.07) is 12.9. The number of benzene rings is 2. The van der Waals surface area contributed by atoms with Crippen LogP contribution in [0.5, 0.6) is 5.75 Å². The minimum absolute atomic E-state index is 0.185. The summed E-state index contributed by atoms with van der Waals surface area (Å²) >= 11 is 1.47. The third-order valence-electron chi connectivity index (χ3n) is 5.15. The van der Waals surface area contributed by atoms with Crippen molar-refractivity contribution in [2.45, 2.75) is 6.92 Å². The average molecular weight is 446 g/mol. The molecule has 2 aliphatic heterocycles. The molecule has 2 aromatic carbocycles. The third-order valence-corrected chi connectivity index (χ3v) is 6.18. The smallest absolute Gasteiger partial charge is 0.341 e. The van der Waals surface area contributed by atoms with Crippen LogP contribution in [0.1, 0.15) is 15.9 Å². The Bertz CT molecular complexity index is 1500. The van der Waals surface area contributed by atoms with Crippen LogP contribution in [0.15, 0.2) is 59.7 Å². The highest BCUT2D eigenvalue weighted by Crippen LogP contribution is 2.29. The van der Waals surface area contributed by atoms with Crippen molar-refractivity contribution >= 4 is 27.5 Å². The normalized spacial score (nSPS) is 11.2. The van der Waals surface area contributed by atoms with Gasteiger partial charge in [0.15, 0.2) is 5.13 Å². The van der Waals surface area contributed by atoms with Crippen molar-refractivity contribution in [3.05, 3.63) is 76.3 Å². The molecule has 0 amide bonds. The van der Waals surface area contributed by atoms with Crippen LogP contribution in [0.2, 0.25) is 0 Å². The van der Waals surface area contributed by atoms with E-state index in [1.54, 1.807) is 48.3 Å². The lowest BCUT2D eigenvalue weighted by Gasteiger charge is -2.08. The summed E-state index contributed by atoms with van der Waals surface area (Å²) in [5, 5.41) is 5.06. The molecule has 160 valence electrons. The van der Waals surface area contributed by atoms with E-state index in [4.69, 9.17) is 9.47 Å². The molecule has 0 atom stereocenters. The van der Waals surface area contributed by atoms with Crippen molar-refractivity contribution in [2.75, 3.05) is 14.2 Å². The van der Waals surface area contributed by atoms with Crippen LogP contribution in [0.25, 0.3) is 32.3 Å².